The van der Waals surface area contributed by atoms with Crippen molar-refractivity contribution in [2.75, 3.05) is 5.73 Å². The first kappa shape index (κ1) is 14.0. The Kier molecular flexibility index (Phi) is 3.65. The van der Waals surface area contributed by atoms with Crippen LogP contribution >= 0.6 is 27.5 Å². The minimum atomic E-state index is 0.583. The Hall–Kier alpha value is -1.92. The van der Waals surface area contributed by atoms with Gasteiger partial charge in [-0.15, -0.1) is 5.10 Å². The van der Waals surface area contributed by atoms with Gasteiger partial charge in [-0.3, -0.25) is 0 Å². The average molecular weight is 365 g/mol. The molecule has 2 aromatic carbocycles. The molecule has 0 aliphatic carbocycles. The van der Waals surface area contributed by atoms with Gasteiger partial charge < -0.3 is 5.73 Å². The van der Waals surface area contributed by atoms with E-state index in [9.17, 15) is 0 Å². The van der Waals surface area contributed by atoms with Crippen LogP contribution < -0.4 is 5.73 Å². The highest BCUT2D eigenvalue weighted by molar-refractivity contribution is 9.10. The Morgan fingerprint density at radius 2 is 2.00 bits per heavy atom. The van der Waals surface area contributed by atoms with E-state index in [1.807, 2.05) is 43.3 Å². The summed E-state index contributed by atoms with van der Waals surface area (Å²) < 4.78 is 2.44. The molecule has 0 fully saturated rings. The van der Waals surface area contributed by atoms with E-state index in [0.29, 0.717) is 16.5 Å². The summed E-state index contributed by atoms with van der Waals surface area (Å²) in [6.07, 6.45) is 0. The third-order valence-corrected chi connectivity index (χ3v) is 4.10. The molecule has 2 N–H and O–H groups in total. The molecule has 3 aromatic rings. The number of nitrogens with two attached hydrogens (primary N) is 1. The Morgan fingerprint density at radius 1 is 1.19 bits per heavy atom. The topological polar surface area (TPSA) is 69.6 Å². The van der Waals surface area contributed by atoms with Gasteiger partial charge in [0.2, 0.25) is 0 Å². The number of nitrogens with zero attached hydrogens (tertiary/aromatic N) is 4. The number of aryl methyl sites for hydroxylation is 1. The van der Waals surface area contributed by atoms with Crippen molar-refractivity contribution in [1.82, 2.24) is 20.2 Å². The Bertz CT molecular complexity index is 815. The highest BCUT2D eigenvalue weighted by atomic mass is 79.9. The van der Waals surface area contributed by atoms with Crippen LogP contribution in [0.4, 0.5) is 5.69 Å². The summed E-state index contributed by atoms with van der Waals surface area (Å²) >= 11 is 9.63. The van der Waals surface area contributed by atoms with Crippen LogP contribution in [-0.2, 0) is 0 Å². The SMILES string of the molecule is Cc1ccc(Cl)c(-n2nnnc2-c2ccc(Br)c(N)c2)c1. The molecule has 1 heterocycles. The van der Waals surface area contributed by atoms with Gasteiger partial charge in [0.25, 0.3) is 0 Å². The lowest BCUT2D eigenvalue weighted by Crippen LogP contribution is -2.01. The van der Waals surface area contributed by atoms with E-state index in [4.69, 9.17) is 17.3 Å². The van der Waals surface area contributed by atoms with Gasteiger partial charge >= 0.3 is 0 Å². The standard InChI is InChI=1S/C14H11BrClN5/c1-8-2-5-11(16)13(6-8)21-14(18-19-20-21)9-3-4-10(15)12(17)7-9/h2-7H,17H2,1H3. The van der Waals surface area contributed by atoms with Crippen molar-refractivity contribution in [3.8, 4) is 17.1 Å². The van der Waals surface area contributed by atoms with Gasteiger partial charge in [0.15, 0.2) is 5.82 Å². The smallest absolute Gasteiger partial charge is 0.187 e. The highest BCUT2D eigenvalue weighted by Gasteiger charge is 2.14. The molecule has 0 saturated carbocycles. The lowest BCUT2D eigenvalue weighted by Gasteiger charge is -2.08. The van der Waals surface area contributed by atoms with E-state index in [1.165, 1.54) is 0 Å². The molecular formula is C14H11BrClN5. The number of tetrazole rings is 1. The Morgan fingerprint density at radius 3 is 2.76 bits per heavy atom. The first-order valence-electron chi connectivity index (χ1n) is 6.16. The maximum Gasteiger partial charge on any atom is 0.187 e. The van der Waals surface area contributed by atoms with Crippen molar-refractivity contribution in [2.24, 2.45) is 0 Å². The number of halogens is 2. The lowest BCUT2D eigenvalue weighted by atomic mass is 10.2. The molecule has 21 heavy (non-hydrogen) atoms. The molecule has 0 amide bonds. The lowest BCUT2D eigenvalue weighted by molar-refractivity contribution is 0.791. The number of anilines is 1. The molecule has 7 heteroatoms. The van der Waals surface area contributed by atoms with Crippen molar-refractivity contribution in [3.05, 3.63) is 51.5 Å². The van der Waals surface area contributed by atoms with Gasteiger partial charge in [-0.25, -0.2) is 0 Å². The zero-order valence-corrected chi connectivity index (χ0v) is 13.4. The summed E-state index contributed by atoms with van der Waals surface area (Å²) in [4.78, 5) is 0. The molecule has 0 radical (unpaired) electrons. The first-order valence-corrected chi connectivity index (χ1v) is 7.33. The van der Waals surface area contributed by atoms with E-state index >= 15 is 0 Å². The van der Waals surface area contributed by atoms with Gasteiger partial charge in [0.1, 0.15) is 0 Å². The first-order chi connectivity index (χ1) is 10.1. The minimum Gasteiger partial charge on any atom is -0.398 e. The molecule has 0 unspecified atom stereocenters. The van der Waals surface area contributed by atoms with Gasteiger partial charge in [-0.1, -0.05) is 17.7 Å². The van der Waals surface area contributed by atoms with Gasteiger partial charge in [-0.05, 0) is 69.2 Å². The molecule has 3 rings (SSSR count). The fourth-order valence-corrected chi connectivity index (χ4v) is 2.44. The van der Waals surface area contributed by atoms with E-state index in [2.05, 4.69) is 31.5 Å². The number of hydrogen-bond acceptors (Lipinski definition) is 4. The molecule has 0 aliphatic heterocycles. The number of hydrogen-bond donors (Lipinski definition) is 1. The van der Waals surface area contributed by atoms with Crippen LogP contribution in [0.5, 0.6) is 0 Å². The number of aromatic nitrogens is 4. The third kappa shape index (κ3) is 2.64. The van der Waals surface area contributed by atoms with Crippen LogP contribution in [0, 0.1) is 6.92 Å². The van der Waals surface area contributed by atoms with Crippen LogP contribution in [0.25, 0.3) is 17.1 Å². The minimum absolute atomic E-state index is 0.583. The van der Waals surface area contributed by atoms with Crippen molar-refractivity contribution in [3.63, 3.8) is 0 Å². The molecular weight excluding hydrogens is 354 g/mol. The quantitative estimate of drug-likeness (QED) is 0.705. The molecule has 0 atom stereocenters. The Labute approximate surface area is 134 Å². The summed E-state index contributed by atoms with van der Waals surface area (Å²) in [6, 6.07) is 11.3. The van der Waals surface area contributed by atoms with Crippen molar-refractivity contribution in [2.45, 2.75) is 6.92 Å². The van der Waals surface area contributed by atoms with E-state index in [-0.39, 0.29) is 0 Å². The third-order valence-electron chi connectivity index (χ3n) is 3.05. The van der Waals surface area contributed by atoms with Crippen molar-refractivity contribution >= 4 is 33.2 Å². The molecule has 1 aromatic heterocycles. The normalized spacial score (nSPS) is 10.8. The second-order valence-electron chi connectivity index (χ2n) is 4.61. The van der Waals surface area contributed by atoms with Crippen LogP contribution in [0.3, 0.4) is 0 Å². The number of benzene rings is 2. The van der Waals surface area contributed by atoms with Crippen molar-refractivity contribution in [1.29, 1.82) is 0 Å². The second-order valence-corrected chi connectivity index (χ2v) is 5.87. The summed E-state index contributed by atoms with van der Waals surface area (Å²) in [7, 11) is 0. The van der Waals surface area contributed by atoms with E-state index in [1.54, 1.807) is 4.68 Å². The van der Waals surface area contributed by atoms with Gasteiger partial charge in [0.05, 0.1) is 10.7 Å². The summed E-state index contributed by atoms with van der Waals surface area (Å²) in [5.74, 6) is 0.585. The van der Waals surface area contributed by atoms with E-state index < -0.39 is 0 Å². The molecule has 106 valence electrons. The summed E-state index contributed by atoms with van der Waals surface area (Å²) in [5.41, 5.74) is 9.17. The predicted molar refractivity (Wildman–Crippen MR) is 86.4 cm³/mol. The predicted octanol–water partition coefficient (Wildman–Crippen LogP) is 3.64. The molecule has 0 spiro atoms. The largest absolute Gasteiger partial charge is 0.398 e. The highest BCUT2D eigenvalue weighted by Crippen LogP contribution is 2.29. The molecule has 5 nitrogen and oxygen atoms in total. The number of nitrogen functional groups attached to an aromatic ring is 1. The van der Waals surface area contributed by atoms with Crippen LogP contribution in [0.1, 0.15) is 5.56 Å². The second kappa shape index (κ2) is 5.46. The van der Waals surface area contributed by atoms with Crippen LogP contribution in [-0.4, -0.2) is 20.2 Å². The summed E-state index contributed by atoms with van der Waals surface area (Å²) in [6.45, 7) is 1.99. The zero-order chi connectivity index (χ0) is 15.0. The molecule has 0 aliphatic rings. The van der Waals surface area contributed by atoms with E-state index in [0.717, 1.165) is 21.3 Å². The Balaban J connectivity index is 2.17. The maximum atomic E-state index is 6.26. The van der Waals surface area contributed by atoms with Crippen LogP contribution in [0.15, 0.2) is 40.9 Å². The number of rotatable bonds is 2. The van der Waals surface area contributed by atoms with Gasteiger partial charge in [0, 0.05) is 15.7 Å². The fourth-order valence-electron chi connectivity index (χ4n) is 2.00. The monoisotopic (exact) mass is 363 g/mol. The molecule has 0 saturated heterocycles. The summed E-state index contributed by atoms with van der Waals surface area (Å²) in [5, 5.41) is 12.4. The molecule has 0 bridgehead atoms. The zero-order valence-electron chi connectivity index (χ0n) is 11.1. The van der Waals surface area contributed by atoms with Crippen molar-refractivity contribution < 1.29 is 0 Å². The maximum absolute atomic E-state index is 6.26. The fraction of sp³-hybridized carbons (Fsp3) is 0.0714. The average Bonchev–Trinajstić information content (AvgIpc) is 2.93. The van der Waals surface area contributed by atoms with Gasteiger partial charge in [-0.2, -0.15) is 4.68 Å². The van der Waals surface area contributed by atoms with Crippen LogP contribution in [0.2, 0.25) is 5.02 Å².